The molecule has 2 aromatic carbocycles. The summed E-state index contributed by atoms with van der Waals surface area (Å²) < 4.78 is 2.36. The summed E-state index contributed by atoms with van der Waals surface area (Å²) in [5, 5.41) is 0. The Hall–Kier alpha value is -0.786. The maximum Gasteiger partial charge on any atom is -1.00 e. The van der Waals surface area contributed by atoms with Gasteiger partial charge in [0, 0.05) is 0 Å². The molecule has 2 aliphatic carbocycles. The fourth-order valence-corrected chi connectivity index (χ4v) is 7.55. The van der Waals surface area contributed by atoms with Crippen LogP contribution in [0, 0.1) is 5.41 Å². The van der Waals surface area contributed by atoms with Crippen LogP contribution in [0.5, 0.6) is 0 Å². The van der Waals surface area contributed by atoms with E-state index in [0.29, 0.717) is 4.22 Å². The minimum Gasteiger partial charge on any atom is -1.00 e. The molecule has 0 atom stereocenters. The van der Waals surface area contributed by atoms with E-state index in [0.717, 1.165) is 0 Å². The second-order valence-electron chi connectivity index (χ2n) is 7.63. The van der Waals surface area contributed by atoms with E-state index < -0.39 is 0 Å². The SMILES string of the molecule is CC1=C(C)C(C)(C)[C]([Ti+2][CH]2c3ccccc3-c3ccccc32)=C1C.[Cl-].[Cl-]. The Balaban J connectivity index is 0.00000121. The molecule has 2 aromatic rings. The first kappa shape index (κ1) is 21.5. The molecule has 0 N–H and O–H groups in total. The van der Waals surface area contributed by atoms with Crippen molar-refractivity contribution in [3.05, 3.63) is 80.3 Å². The Bertz CT molecular complexity index is 860. The van der Waals surface area contributed by atoms with E-state index in [1.165, 1.54) is 16.7 Å². The van der Waals surface area contributed by atoms with E-state index in [2.05, 4.69) is 83.1 Å². The van der Waals surface area contributed by atoms with E-state index in [4.69, 9.17) is 0 Å². The van der Waals surface area contributed by atoms with Crippen molar-refractivity contribution in [2.45, 2.75) is 38.8 Å². The Kier molecular flexibility index (Phi) is 6.36. The number of hydrogen-bond donors (Lipinski definition) is 0. The zero-order valence-corrected chi connectivity index (χ0v) is 19.0. The minimum atomic E-state index is -0.275. The second-order valence-corrected chi connectivity index (χ2v) is 9.76. The van der Waals surface area contributed by atoms with Crippen LogP contribution in [-0.2, 0) is 19.2 Å². The maximum absolute atomic E-state index is 2.42. The maximum atomic E-state index is 2.42. The van der Waals surface area contributed by atoms with Crippen molar-refractivity contribution in [2.75, 3.05) is 0 Å². The van der Waals surface area contributed by atoms with Crippen LogP contribution in [0.25, 0.3) is 11.1 Å². The molecule has 3 heteroatoms. The Morgan fingerprint density at radius 2 is 1.19 bits per heavy atom. The summed E-state index contributed by atoms with van der Waals surface area (Å²) in [4.78, 5) is 0. The molecule has 0 aliphatic heterocycles. The van der Waals surface area contributed by atoms with Crippen LogP contribution < -0.4 is 24.8 Å². The molecule has 26 heavy (non-hydrogen) atoms. The molecule has 0 fully saturated rings. The summed E-state index contributed by atoms with van der Waals surface area (Å²) in [6.45, 7) is 11.8. The number of rotatable bonds is 2. The van der Waals surface area contributed by atoms with Gasteiger partial charge < -0.3 is 24.8 Å². The van der Waals surface area contributed by atoms with E-state index in [1.807, 2.05) is 0 Å². The van der Waals surface area contributed by atoms with Gasteiger partial charge in [0.25, 0.3) is 0 Å². The molecule has 0 spiro atoms. The Morgan fingerprint density at radius 1 is 0.731 bits per heavy atom. The van der Waals surface area contributed by atoms with E-state index >= 15 is 0 Å². The molecule has 2 aliphatic rings. The van der Waals surface area contributed by atoms with Crippen LogP contribution >= 0.6 is 0 Å². The summed E-state index contributed by atoms with van der Waals surface area (Å²) in [7, 11) is 0. The number of fused-ring (bicyclic) bond motifs is 3. The smallest absolute Gasteiger partial charge is 1.00 e. The fraction of sp³-hybridized carbons (Fsp3) is 0.304. The molecule has 0 aromatic heterocycles. The van der Waals surface area contributed by atoms with Crippen molar-refractivity contribution >= 4 is 0 Å². The monoisotopic (exact) mass is 418 g/mol. The Labute approximate surface area is 178 Å². The van der Waals surface area contributed by atoms with Crippen molar-refractivity contribution in [2.24, 2.45) is 5.41 Å². The molecule has 0 nitrogen and oxygen atoms in total. The average molecular weight is 419 g/mol. The van der Waals surface area contributed by atoms with Gasteiger partial charge in [-0.1, -0.05) is 0 Å². The third-order valence-electron chi connectivity index (χ3n) is 6.18. The van der Waals surface area contributed by atoms with E-state index in [9.17, 15) is 0 Å². The summed E-state index contributed by atoms with van der Waals surface area (Å²) in [5.74, 6) is 0. The van der Waals surface area contributed by atoms with Gasteiger partial charge in [-0.25, -0.2) is 0 Å². The van der Waals surface area contributed by atoms with E-state index in [-0.39, 0.29) is 49.4 Å². The van der Waals surface area contributed by atoms with Crippen molar-refractivity contribution < 1.29 is 44.0 Å². The first-order valence-electron chi connectivity index (χ1n) is 8.77. The third-order valence-corrected chi connectivity index (χ3v) is 9.62. The van der Waals surface area contributed by atoms with Crippen LogP contribution in [0.2, 0.25) is 0 Å². The zero-order valence-electron chi connectivity index (χ0n) is 16.0. The third kappa shape index (κ3) is 3.06. The number of hydrogen-bond acceptors (Lipinski definition) is 0. The van der Waals surface area contributed by atoms with Crippen LogP contribution in [-0.4, -0.2) is 0 Å². The van der Waals surface area contributed by atoms with Gasteiger partial charge in [-0.05, 0) is 0 Å². The van der Waals surface area contributed by atoms with Gasteiger partial charge in [-0.2, -0.15) is 0 Å². The largest absolute Gasteiger partial charge is 1.00 e. The van der Waals surface area contributed by atoms with Crippen LogP contribution in [0.4, 0.5) is 0 Å². The van der Waals surface area contributed by atoms with Crippen molar-refractivity contribution in [3.8, 4) is 11.1 Å². The molecular formula is C23H24Cl2Ti. The normalized spacial score (nSPS) is 17.3. The molecular weight excluding hydrogens is 395 g/mol. The summed E-state index contributed by atoms with van der Waals surface area (Å²) in [5.41, 5.74) is 10.9. The molecule has 0 unspecified atom stereocenters. The number of allylic oxidation sites excluding steroid dienone is 4. The van der Waals surface area contributed by atoms with Crippen molar-refractivity contribution in [1.82, 2.24) is 0 Å². The molecule has 0 saturated heterocycles. The van der Waals surface area contributed by atoms with Crippen molar-refractivity contribution in [3.63, 3.8) is 0 Å². The van der Waals surface area contributed by atoms with Crippen LogP contribution in [0.15, 0.2) is 69.1 Å². The molecule has 0 radical (unpaired) electrons. The predicted molar refractivity (Wildman–Crippen MR) is 98.6 cm³/mol. The molecule has 0 bridgehead atoms. The summed E-state index contributed by atoms with van der Waals surface area (Å²) in [6, 6.07) is 18.1. The quantitative estimate of drug-likeness (QED) is 0.623. The van der Waals surface area contributed by atoms with Gasteiger partial charge in [0.15, 0.2) is 0 Å². The number of halogens is 2. The Morgan fingerprint density at radius 3 is 1.62 bits per heavy atom. The van der Waals surface area contributed by atoms with Gasteiger partial charge >= 0.3 is 155 Å². The van der Waals surface area contributed by atoms with Gasteiger partial charge in [-0.3, -0.25) is 0 Å². The summed E-state index contributed by atoms with van der Waals surface area (Å²) in [6.07, 6.45) is 0. The second kappa shape index (κ2) is 7.68. The standard InChI is InChI=1S/C13H9.C10H15.2ClH.Ti/c1-3-7-12-10(5-1)9-11-6-2-4-8-13(11)12;1-7-6-10(4,5)9(3)8(7)2;;;/h1-9H;1-5H3;2*1H;/q;;;;+2/p-2. The first-order valence-corrected chi connectivity index (χ1v) is 10.5. The van der Waals surface area contributed by atoms with Crippen LogP contribution in [0.3, 0.4) is 0 Å². The molecule has 134 valence electrons. The molecule has 0 amide bonds. The van der Waals surface area contributed by atoms with E-state index in [1.54, 1.807) is 26.2 Å². The fourth-order valence-electron chi connectivity index (χ4n) is 4.34. The first-order chi connectivity index (χ1) is 11.4. The minimum absolute atomic E-state index is 0. The molecule has 4 rings (SSSR count). The topological polar surface area (TPSA) is 0 Å². The van der Waals surface area contributed by atoms with Crippen LogP contribution in [0.1, 0.15) is 50.0 Å². The predicted octanol–water partition coefficient (Wildman–Crippen LogP) is 0.497. The summed E-state index contributed by atoms with van der Waals surface area (Å²) >= 11 is -0.275. The average Bonchev–Trinajstić information content (AvgIpc) is 2.98. The van der Waals surface area contributed by atoms with Gasteiger partial charge in [0.1, 0.15) is 0 Å². The van der Waals surface area contributed by atoms with Gasteiger partial charge in [0.2, 0.25) is 0 Å². The van der Waals surface area contributed by atoms with Gasteiger partial charge in [0.05, 0.1) is 0 Å². The molecule has 0 saturated carbocycles. The van der Waals surface area contributed by atoms with Gasteiger partial charge in [-0.15, -0.1) is 0 Å². The zero-order chi connectivity index (χ0) is 17.1. The number of benzene rings is 2. The molecule has 0 heterocycles. The van der Waals surface area contributed by atoms with Crippen molar-refractivity contribution in [1.29, 1.82) is 0 Å².